The second-order valence-electron chi connectivity index (χ2n) is 4.76. The van der Waals surface area contributed by atoms with Crippen LogP contribution in [0.25, 0.3) is 0 Å². The smallest absolute Gasteiger partial charge is 0.381 e. The topological polar surface area (TPSA) is 35.8 Å². The number of anilines is 1. The molecule has 1 aromatic carbocycles. The molecule has 0 atom stereocenters. The first-order valence-corrected chi connectivity index (χ1v) is 5.78. The Bertz CT molecular complexity index is 482. The molecule has 0 aliphatic heterocycles. The average Bonchev–Trinajstić information content (AvgIpc) is 2.25. The van der Waals surface area contributed by atoms with Crippen molar-refractivity contribution in [3.63, 3.8) is 0 Å². The Hall–Kier alpha value is -1.70. The van der Waals surface area contributed by atoms with Crippen LogP contribution in [-0.4, -0.2) is 6.04 Å². The molecule has 1 aliphatic carbocycles. The first-order chi connectivity index (χ1) is 8.41. The van der Waals surface area contributed by atoms with Gasteiger partial charge in [-0.05, 0) is 30.9 Å². The molecule has 1 aromatic rings. The second kappa shape index (κ2) is 4.52. The van der Waals surface area contributed by atoms with Gasteiger partial charge >= 0.3 is 6.18 Å². The van der Waals surface area contributed by atoms with Gasteiger partial charge in [0.25, 0.3) is 0 Å². The fourth-order valence-electron chi connectivity index (χ4n) is 2.26. The minimum atomic E-state index is -4.44. The van der Waals surface area contributed by atoms with Gasteiger partial charge in [-0.25, -0.2) is 0 Å². The van der Waals surface area contributed by atoms with Gasteiger partial charge in [0.2, 0.25) is 0 Å². The van der Waals surface area contributed by atoms with Crippen molar-refractivity contribution in [2.45, 2.75) is 32.0 Å². The third-order valence-corrected chi connectivity index (χ3v) is 3.21. The molecule has 1 fully saturated rings. The van der Waals surface area contributed by atoms with Crippen molar-refractivity contribution in [3.05, 3.63) is 29.3 Å². The lowest BCUT2D eigenvalue weighted by atomic mass is 9.81. The highest BCUT2D eigenvalue weighted by molar-refractivity contribution is 5.64. The standard InChI is InChI=1S/C13H13F3N2/c1-8-5-10(6-8)18-12-9(7-17)3-2-4-11(12)13(14,15)16/h2-4,8,10,18H,5-6H2,1H3. The number of nitriles is 1. The minimum absolute atomic E-state index is 0.0376. The predicted octanol–water partition coefficient (Wildman–Crippen LogP) is 3.79. The summed E-state index contributed by atoms with van der Waals surface area (Å²) in [6, 6.07) is 5.52. The Morgan fingerprint density at radius 2 is 2.00 bits per heavy atom. The van der Waals surface area contributed by atoms with Gasteiger partial charge in [0, 0.05) is 6.04 Å². The van der Waals surface area contributed by atoms with Crippen LogP contribution in [0.1, 0.15) is 30.9 Å². The summed E-state index contributed by atoms with van der Waals surface area (Å²) in [6.07, 6.45) is -2.75. The summed E-state index contributed by atoms with van der Waals surface area (Å²) >= 11 is 0. The predicted molar refractivity (Wildman–Crippen MR) is 62.0 cm³/mol. The van der Waals surface area contributed by atoms with Gasteiger partial charge < -0.3 is 5.32 Å². The van der Waals surface area contributed by atoms with E-state index in [1.54, 1.807) is 0 Å². The summed E-state index contributed by atoms with van der Waals surface area (Å²) in [4.78, 5) is 0. The molecule has 1 aliphatic rings. The number of hydrogen-bond donors (Lipinski definition) is 1. The number of hydrogen-bond acceptors (Lipinski definition) is 2. The molecule has 1 N–H and O–H groups in total. The van der Waals surface area contributed by atoms with Crippen LogP contribution in [0, 0.1) is 17.2 Å². The highest BCUT2D eigenvalue weighted by Crippen LogP contribution is 2.39. The van der Waals surface area contributed by atoms with E-state index < -0.39 is 11.7 Å². The molecule has 0 heterocycles. The fourth-order valence-corrected chi connectivity index (χ4v) is 2.26. The Kier molecular flexibility index (Phi) is 3.20. The van der Waals surface area contributed by atoms with E-state index in [1.165, 1.54) is 12.1 Å². The van der Waals surface area contributed by atoms with Crippen molar-refractivity contribution < 1.29 is 13.2 Å². The van der Waals surface area contributed by atoms with Crippen LogP contribution in [0.3, 0.4) is 0 Å². The summed E-state index contributed by atoms with van der Waals surface area (Å²) < 4.78 is 38.6. The molecule has 18 heavy (non-hydrogen) atoms. The fraction of sp³-hybridized carbons (Fsp3) is 0.462. The van der Waals surface area contributed by atoms with Crippen LogP contribution in [-0.2, 0) is 6.18 Å². The summed E-state index contributed by atoms with van der Waals surface area (Å²) in [5.41, 5.74) is -0.796. The van der Waals surface area contributed by atoms with Gasteiger partial charge in [-0.2, -0.15) is 18.4 Å². The van der Waals surface area contributed by atoms with E-state index in [0.29, 0.717) is 5.92 Å². The maximum atomic E-state index is 12.9. The SMILES string of the molecule is CC1CC(Nc2c(C#N)cccc2C(F)(F)F)C1. The van der Waals surface area contributed by atoms with Crippen molar-refractivity contribution in [2.75, 3.05) is 5.32 Å². The van der Waals surface area contributed by atoms with E-state index in [9.17, 15) is 13.2 Å². The molecule has 1 saturated carbocycles. The van der Waals surface area contributed by atoms with Crippen LogP contribution in [0.15, 0.2) is 18.2 Å². The zero-order chi connectivity index (χ0) is 13.3. The highest BCUT2D eigenvalue weighted by Gasteiger charge is 2.36. The summed E-state index contributed by atoms with van der Waals surface area (Å²) in [5.74, 6) is 0.533. The molecule has 2 rings (SSSR count). The summed E-state index contributed by atoms with van der Waals surface area (Å²) in [5, 5.41) is 11.8. The normalized spacial score (nSPS) is 23.1. The largest absolute Gasteiger partial charge is 0.418 e. The average molecular weight is 254 g/mol. The quantitative estimate of drug-likeness (QED) is 0.871. The first kappa shape index (κ1) is 12.7. The molecule has 0 unspecified atom stereocenters. The monoisotopic (exact) mass is 254 g/mol. The van der Waals surface area contributed by atoms with Crippen LogP contribution >= 0.6 is 0 Å². The second-order valence-corrected chi connectivity index (χ2v) is 4.76. The van der Waals surface area contributed by atoms with E-state index in [0.717, 1.165) is 18.9 Å². The van der Waals surface area contributed by atoms with E-state index in [1.807, 2.05) is 6.07 Å². The number of para-hydroxylation sites is 1. The minimum Gasteiger partial charge on any atom is -0.381 e. The van der Waals surface area contributed by atoms with E-state index >= 15 is 0 Å². The lowest BCUT2D eigenvalue weighted by Crippen LogP contribution is -2.34. The molecule has 2 nitrogen and oxygen atoms in total. The van der Waals surface area contributed by atoms with Gasteiger partial charge in [-0.1, -0.05) is 13.0 Å². The maximum Gasteiger partial charge on any atom is 0.418 e. The highest BCUT2D eigenvalue weighted by atomic mass is 19.4. The van der Waals surface area contributed by atoms with Crippen LogP contribution in [0.5, 0.6) is 0 Å². The maximum absolute atomic E-state index is 12.9. The Morgan fingerprint density at radius 1 is 1.33 bits per heavy atom. The number of rotatable bonds is 2. The molecule has 0 bridgehead atoms. The van der Waals surface area contributed by atoms with Crippen molar-refractivity contribution in [3.8, 4) is 6.07 Å². The van der Waals surface area contributed by atoms with E-state index in [2.05, 4.69) is 12.2 Å². The third-order valence-electron chi connectivity index (χ3n) is 3.21. The molecule has 0 aromatic heterocycles. The molecule has 0 amide bonds. The Morgan fingerprint density at radius 3 is 2.50 bits per heavy atom. The van der Waals surface area contributed by atoms with Crippen molar-refractivity contribution in [1.82, 2.24) is 0 Å². The zero-order valence-electron chi connectivity index (χ0n) is 9.88. The number of benzene rings is 1. The summed E-state index contributed by atoms with van der Waals surface area (Å²) in [7, 11) is 0. The number of halogens is 3. The molecule has 0 spiro atoms. The number of nitrogens with zero attached hydrogens (tertiary/aromatic N) is 1. The first-order valence-electron chi connectivity index (χ1n) is 5.78. The van der Waals surface area contributed by atoms with E-state index in [4.69, 9.17) is 5.26 Å². The lowest BCUT2D eigenvalue weighted by molar-refractivity contribution is -0.137. The Balaban J connectivity index is 2.33. The Labute approximate surface area is 103 Å². The van der Waals surface area contributed by atoms with Gasteiger partial charge in [0.05, 0.1) is 16.8 Å². The van der Waals surface area contributed by atoms with Gasteiger partial charge in [0.15, 0.2) is 0 Å². The lowest BCUT2D eigenvalue weighted by Gasteiger charge is -2.35. The molecule has 5 heteroatoms. The molecule has 96 valence electrons. The molecular weight excluding hydrogens is 241 g/mol. The van der Waals surface area contributed by atoms with Crippen molar-refractivity contribution in [1.29, 1.82) is 5.26 Å². The third kappa shape index (κ3) is 2.42. The number of alkyl halides is 3. The number of nitrogens with one attached hydrogen (secondary N) is 1. The molecule has 0 radical (unpaired) electrons. The van der Waals surface area contributed by atoms with Gasteiger partial charge in [-0.3, -0.25) is 0 Å². The van der Waals surface area contributed by atoms with Crippen LogP contribution < -0.4 is 5.32 Å². The van der Waals surface area contributed by atoms with Gasteiger partial charge in [0.1, 0.15) is 6.07 Å². The van der Waals surface area contributed by atoms with Crippen LogP contribution in [0.2, 0.25) is 0 Å². The molecular formula is C13H13F3N2. The zero-order valence-corrected chi connectivity index (χ0v) is 9.88. The summed E-state index contributed by atoms with van der Waals surface area (Å²) in [6.45, 7) is 2.05. The van der Waals surface area contributed by atoms with Crippen molar-refractivity contribution in [2.24, 2.45) is 5.92 Å². The van der Waals surface area contributed by atoms with Crippen LogP contribution in [0.4, 0.5) is 18.9 Å². The van der Waals surface area contributed by atoms with Crippen molar-refractivity contribution >= 4 is 5.69 Å². The van der Waals surface area contributed by atoms with Gasteiger partial charge in [-0.15, -0.1) is 0 Å². The van der Waals surface area contributed by atoms with E-state index in [-0.39, 0.29) is 17.3 Å². The molecule has 0 saturated heterocycles.